The first kappa shape index (κ1) is 22.6. The van der Waals surface area contributed by atoms with E-state index in [1.165, 1.54) is 35.7 Å². The number of hydrogen-bond donors (Lipinski definition) is 2. The molecule has 0 amide bonds. The Balaban J connectivity index is 0.00000261. The zero-order valence-electron chi connectivity index (χ0n) is 16.0. The molecule has 4 nitrogen and oxygen atoms in total. The molecule has 27 heavy (non-hydrogen) atoms. The predicted molar refractivity (Wildman–Crippen MR) is 130 cm³/mol. The lowest BCUT2D eigenvalue weighted by molar-refractivity contribution is 0.182. The lowest BCUT2D eigenvalue weighted by atomic mass is 9.97. The van der Waals surface area contributed by atoms with Gasteiger partial charge in [-0.25, -0.2) is 0 Å². The molecule has 3 rings (SSSR count). The number of nitrogens with zero attached hydrogens (tertiary/aromatic N) is 2. The van der Waals surface area contributed by atoms with Crippen LogP contribution < -0.4 is 10.6 Å². The molecule has 1 aliphatic heterocycles. The number of nitrogens with one attached hydrogen (secondary N) is 2. The fourth-order valence-corrected chi connectivity index (χ4v) is 4.73. The molecule has 1 aliphatic rings. The molecule has 1 saturated heterocycles. The number of guanidine groups is 1. The summed E-state index contributed by atoms with van der Waals surface area (Å²) in [5, 5.41) is 11.2. The molecule has 0 saturated carbocycles. The quantitative estimate of drug-likeness (QED) is 0.309. The summed E-state index contributed by atoms with van der Waals surface area (Å²) in [7, 11) is 0. The molecule has 0 unspecified atom stereocenters. The van der Waals surface area contributed by atoms with Crippen LogP contribution >= 0.6 is 46.7 Å². The van der Waals surface area contributed by atoms with Crippen molar-refractivity contribution in [3.63, 3.8) is 0 Å². The topological polar surface area (TPSA) is 39.7 Å². The second-order valence-corrected chi connectivity index (χ2v) is 8.84. The van der Waals surface area contributed by atoms with Crippen LogP contribution in [0.1, 0.15) is 29.5 Å². The lowest BCUT2D eigenvalue weighted by Crippen LogP contribution is -2.39. The maximum Gasteiger partial charge on any atom is 0.191 e. The van der Waals surface area contributed by atoms with E-state index in [0.717, 1.165) is 38.6 Å². The number of halogens is 1. The summed E-state index contributed by atoms with van der Waals surface area (Å²) in [6.45, 7) is 8.40. The normalized spacial score (nSPS) is 16.1. The van der Waals surface area contributed by atoms with Crippen molar-refractivity contribution in [1.29, 1.82) is 0 Å². The van der Waals surface area contributed by atoms with Crippen LogP contribution in [0.15, 0.2) is 40.0 Å². The van der Waals surface area contributed by atoms with Crippen LogP contribution in [0.4, 0.5) is 0 Å². The molecule has 2 N–H and O–H groups in total. The summed E-state index contributed by atoms with van der Waals surface area (Å²) >= 11 is 3.69. The van der Waals surface area contributed by atoms with Crippen LogP contribution in [0.25, 0.3) is 0 Å². The Morgan fingerprint density at radius 1 is 1.11 bits per heavy atom. The van der Waals surface area contributed by atoms with Crippen LogP contribution in [0.3, 0.4) is 0 Å². The van der Waals surface area contributed by atoms with Gasteiger partial charge in [-0.15, -0.1) is 46.7 Å². The number of aliphatic imine (C=N–C) groups is 1. The number of piperidine rings is 1. The number of likely N-dealkylation sites (tertiary alicyclic amines) is 1. The monoisotopic (exact) mass is 518 g/mol. The van der Waals surface area contributed by atoms with Crippen molar-refractivity contribution in [3.8, 4) is 0 Å². The summed E-state index contributed by atoms with van der Waals surface area (Å²) in [5.74, 6) is 1.67. The summed E-state index contributed by atoms with van der Waals surface area (Å²) < 4.78 is 0. The molecule has 7 heteroatoms. The molecule has 2 aromatic rings. The minimum atomic E-state index is 0. The van der Waals surface area contributed by atoms with E-state index in [2.05, 4.69) is 57.5 Å². The average Bonchev–Trinajstić information content (AvgIpc) is 3.35. The Kier molecular flexibility index (Phi) is 10.7. The molecule has 0 radical (unpaired) electrons. The third kappa shape index (κ3) is 8.09. The highest BCUT2D eigenvalue weighted by Crippen LogP contribution is 2.20. The second-order valence-electron chi connectivity index (χ2n) is 6.77. The Bertz CT molecular complexity index is 635. The minimum absolute atomic E-state index is 0. The van der Waals surface area contributed by atoms with Gasteiger partial charge in [-0.1, -0.05) is 12.1 Å². The summed E-state index contributed by atoms with van der Waals surface area (Å²) in [5.41, 5.74) is 0. The zero-order chi connectivity index (χ0) is 18.0. The van der Waals surface area contributed by atoms with Gasteiger partial charge in [0.05, 0.1) is 0 Å². The van der Waals surface area contributed by atoms with Crippen LogP contribution in [0.5, 0.6) is 0 Å². The molecule has 3 heterocycles. The molecule has 0 bridgehead atoms. The Hall–Kier alpha value is -0.640. The lowest BCUT2D eigenvalue weighted by Gasteiger charge is -2.31. The highest BCUT2D eigenvalue weighted by atomic mass is 127. The van der Waals surface area contributed by atoms with Gasteiger partial charge in [0.1, 0.15) is 0 Å². The maximum atomic E-state index is 4.84. The summed E-state index contributed by atoms with van der Waals surface area (Å²) in [4.78, 5) is 10.3. The molecular formula is C20H31IN4S2. The number of rotatable bonds is 8. The summed E-state index contributed by atoms with van der Waals surface area (Å²) in [6.07, 6.45) is 3.57. The van der Waals surface area contributed by atoms with Gasteiger partial charge in [-0.05, 0) is 68.1 Å². The average molecular weight is 519 g/mol. The Morgan fingerprint density at radius 2 is 1.81 bits per heavy atom. The van der Waals surface area contributed by atoms with Crippen molar-refractivity contribution in [3.05, 3.63) is 44.8 Å². The van der Waals surface area contributed by atoms with Crippen molar-refractivity contribution in [2.75, 3.05) is 32.7 Å². The van der Waals surface area contributed by atoms with Crippen LogP contribution in [-0.4, -0.2) is 43.6 Å². The van der Waals surface area contributed by atoms with E-state index in [1.807, 2.05) is 22.7 Å². The van der Waals surface area contributed by atoms with Gasteiger partial charge in [-0.3, -0.25) is 9.89 Å². The second kappa shape index (κ2) is 12.7. The van der Waals surface area contributed by atoms with Crippen molar-refractivity contribution in [2.45, 2.75) is 32.7 Å². The zero-order valence-corrected chi connectivity index (χ0v) is 20.0. The van der Waals surface area contributed by atoms with Crippen molar-refractivity contribution >= 4 is 52.6 Å². The molecular weight excluding hydrogens is 487 g/mol. The largest absolute Gasteiger partial charge is 0.357 e. The highest BCUT2D eigenvalue weighted by Gasteiger charge is 2.19. The standard InChI is InChI=1S/C20H30N4S2.HI/c1-2-21-20(22-10-7-18-5-3-13-25-18)23-15-17-8-11-24(12-9-17)16-19-6-4-14-26-19;/h3-6,13-14,17H,2,7-12,15-16H2,1H3,(H2,21,22,23);1H. The molecule has 0 aliphatic carbocycles. The van der Waals surface area contributed by atoms with Crippen molar-refractivity contribution < 1.29 is 0 Å². The Labute approximate surface area is 188 Å². The molecule has 2 aromatic heterocycles. The third-order valence-electron chi connectivity index (χ3n) is 4.76. The first-order valence-electron chi connectivity index (χ1n) is 9.62. The van der Waals surface area contributed by atoms with Gasteiger partial charge >= 0.3 is 0 Å². The van der Waals surface area contributed by atoms with Gasteiger partial charge in [0.15, 0.2) is 5.96 Å². The minimum Gasteiger partial charge on any atom is -0.357 e. The van der Waals surface area contributed by atoms with E-state index < -0.39 is 0 Å². The van der Waals surface area contributed by atoms with E-state index in [4.69, 9.17) is 4.99 Å². The van der Waals surface area contributed by atoms with E-state index in [0.29, 0.717) is 5.92 Å². The predicted octanol–water partition coefficient (Wildman–Crippen LogP) is 4.44. The van der Waals surface area contributed by atoms with E-state index in [1.54, 1.807) is 0 Å². The third-order valence-corrected chi connectivity index (χ3v) is 6.56. The first-order chi connectivity index (χ1) is 12.8. The van der Waals surface area contributed by atoms with E-state index in [9.17, 15) is 0 Å². The SMILES string of the molecule is CCNC(=NCC1CCN(Cc2cccs2)CC1)NCCc1cccs1.I. The van der Waals surface area contributed by atoms with Crippen LogP contribution in [-0.2, 0) is 13.0 Å². The fourth-order valence-electron chi connectivity index (χ4n) is 3.27. The van der Waals surface area contributed by atoms with Gasteiger partial charge in [0, 0.05) is 35.9 Å². The highest BCUT2D eigenvalue weighted by molar-refractivity contribution is 14.0. The van der Waals surface area contributed by atoms with Crippen LogP contribution in [0, 0.1) is 5.92 Å². The molecule has 0 spiro atoms. The Morgan fingerprint density at radius 3 is 2.44 bits per heavy atom. The van der Waals surface area contributed by atoms with Gasteiger partial charge in [0.25, 0.3) is 0 Å². The van der Waals surface area contributed by atoms with E-state index >= 15 is 0 Å². The summed E-state index contributed by atoms with van der Waals surface area (Å²) in [6, 6.07) is 8.70. The van der Waals surface area contributed by atoms with Crippen molar-refractivity contribution in [2.24, 2.45) is 10.9 Å². The van der Waals surface area contributed by atoms with Gasteiger partial charge in [-0.2, -0.15) is 0 Å². The number of hydrogen-bond acceptors (Lipinski definition) is 4. The van der Waals surface area contributed by atoms with Crippen molar-refractivity contribution in [1.82, 2.24) is 15.5 Å². The molecule has 1 fully saturated rings. The molecule has 0 aromatic carbocycles. The first-order valence-corrected chi connectivity index (χ1v) is 11.4. The molecule has 150 valence electrons. The van der Waals surface area contributed by atoms with E-state index in [-0.39, 0.29) is 24.0 Å². The van der Waals surface area contributed by atoms with Gasteiger partial charge in [0.2, 0.25) is 0 Å². The smallest absolute Gasteiger partial charge is 0.191 e. The molecule has 0 atom stereocenters. The van der Waals surface area contributed by atoms with Gasteiger partial charge < -0.3 is 10.6 Å². The fraction of sp³-hybridized carbons (Fsp3) is 0.550. The maximum absolute atomic E-state index is 4.84. The number of thiophene rings is 2. The van der Waals surface area contributed by atoms with Crippen LogP contribution in [0.2, 0.25) is 0 Å².